The van der Waals surface area contributed by atoms with Crippen molar-refractivity contribution < 1.29 is 19.1 Å². The summed E-state index contributed by atoms with van der Waals surface area (Å²) < 4.78 is 5.11. The molecule has 1 N–H and O–H groups in total. The lowest BCUT2D eigenvalue weighted by atomic mass is 9.95. The van der Waals surface area contributed by atoms with Gasteiger partial charge in [0.05, 0.1) is 12.5 Å². The van der Waals surface area contributed by atoms with Gasteiger partial charge in [-0.1, -0.05) is 30.4 Å². The van der Waals surface area contributed by atoms with Crippen molar-refractivity contribution in [1.82, 2.24) is 4.90 Å². The molecule has 0 saturated carbocycles. The first kappa shape index (κ1) is 19.7. The molecule has 2 rings (SSSR count). The number of allylic oxidation sites excluding steroid dienone is 2. The summed E-state index contributed by atoms with van der Waals surface area (Å²) in [7, 11) is 1.52. The maximum atomic E-state index is 12.2. The first-order chi connectivity index (χ1) is 12.4. The second kappa shape index (κ2) is 9.17. The Kier molecular flexibility index (Phi) is 6.95. The number of hydrogen-bond donors (Lipinski definition) is 1. The largest absolute Gasteiger partial charge is 0.455 e. The third-order valence-electron chi connectivity index (χ3n) is 4.49. The summed E-state index contributed by atoms with van der Waals surface area (Å²) in [4.78, 5) is 37.5. The SMILES string of the molecule is Cc1cccc(C)c1NC(=O)CN(C)C(=O)COC(=O)[C@H]1CC=CCC1. The van der Waals surface area contributed by atoms with Gasteiger partial charge in [-0.2, -0.15) is 0 Å². The standard InChI is InChI=1S/C20H26N2O4/c1-14-8-7-9-15(2)19(14)21-17(23)12-22(3)18(24)13-26-20(25)16-10-5-4-6-11-16/h4-5,7-9,16H,6,10-13H2,1-3H3,(H,21,23)/t16-/m0/s1. The highest BCUT2D eigenvalue weighted by molar-refractivity contribution is 5.96. The average Bonchev–Trinajstić information content (AvgIpc) is 2.63. The van der Waals surface area contributed by atoms with Gasteiger partial charge < -0.3 is 15.0 Å². The lowest BCUT2D eigenvalue weighted by Gasteiger charge is -2.20. The molecule has 140 valence electrons. The molecule has 6 nitrogen and oxygen atoms in total. The van der Waals surface area contributed by atoms with Crippen LogP contribution in [-0.2, 0) is 19.1 Å². The van der Waals surface area contributed by atoms with Gasteiger partial charge in [0.15, 0.2) is 6.61 Å². The molecule has 0 spiro atoms. The maximum absolute atomic E-state index is 12.2. The molecular formula is C20H26N2O4. The van der Waals surface area contributed by atoms with Crippen LogP contribution in [0.2, 0.25) is 0 Å². The van der Waals surface area contributed by atoms with E-state index in [9.17, 15) is 14.4 Å². The van der Waals surface area contributed by atoms with Gasteiger partial charge in [0, 0.05) is 12.7 Å². The van der Waals surface area contributed by atoms with Gasteiger partial charge in [0.1, 0.15) is 0 Å². The van der Waals surface area contributed by atoms with Gasteiger partial charge >= 0.3 is 5.97 Å². The van der Waals surface area contributed by atoms with Gasteiger partial charge in [-0.15, -0.1) is 0 Å². The molecule has 1 aliphatic carbocycles. The quantitative estimate of drug-likeness (QED) is 0.626. The number of nitrogens with zero attached hydrogens (tertiary/aromatic N) is 1. The van der Waals surface area contributed by atoms with Crippen LogP contribution in [0.3, 0.4) is 0 Å². The Bertz CT molecular complexity index is 692. The number of ether oxygens (including phenoxy) is 1. The summed E-state index contributed by atoms with van der Waals surface area (Å²) in [6.07, 6.45) is 6.25. The number of para-hydroxylation sites is 1. The minimum absolute atomic E-state index is 0.101. The van der Waals surface area contributed by atoms with Gasteiger partial charge in [-0.25, -0.2) is 0 Å². The van der Waals surface area contributed by atoms with Crippen molar-refractivity contribution in [3.63, 3.8) is 0 Å². The highest BCUT2D eigenvalue weighted by Gasteiger charge is 2.22. The van der Waals surface area contributed by atoms with E-state index in [2.05, 4.69) is 5.32 Å². The van der Waals surface area contributed by atoms with Crippen molar-refractivity contribution in [3.05, 3.63) is 41.5 Å². The van der Waals surface area contributed by atoms with E-state index in [4.69, 9.17) is 4.74 Å². The van der Waals surface area contributed by atoms with Gasteiger partial charge in [0.25, 0.3) is 5.91 Å². The number of aryl methyl sites for hydroxylation is 2. The maximum Gasteiger partial charge on any atom is 0.309 e. The van der Waals surface area contributed by atoms with Crippen LogP contribution in [-0.4, -0.2) is 42.9 Å². The normalized spacial score (nSPS) is 16.0. The summed E-state index contributed by atoms with van der Waals surface area (Å²) in [6, 6.07) is 5.75. The number of amides is 2. The first-order valence-corrected chi connectivity index (χ1v) is 8.80. The topological polar surface area (TPSA) is 75.7 Å². The first-order valence-electron chi connectivity index (χ1n) is 8.80. The van der Waals surface area contributed by atoms with Crippen molar-refractivity contribution in [1.29, 1.82) is 0 Å². The number of carbonyl (C=O) groups excluding carboxylic acids is 3. The van der Waals surface area contributed by atoms with E-state index in [0.29, 0.717) is 6.42 Å². The van der Waals surface area contributed by atoms with Crippen LogP contribution in [0.15, 0.2) is 30.4 Å². The third kappa shape index (κ3) is 5.44. The summed E-state index contributed by atoms with van der Waals surface area (Å²) in [5.74, 6) is -1.22. The molecule has 0 aromatic heterocycles. The molecule has 0 saturated heterocycles. The van der Waals surface area contributed by atoms with Crippen molar-refractivity contribution in [3.8, 4) is 0 Å². The van der Waals surface area contributed by atoms with Crippen LogP contribution >= 0.6 is 0 Å². The lowest BCUT2D eigenvalue weighted by molar-refractivity contribution is -0.155. The second-order valence-corrected chi connectivity index (χ2v) is 6.65. The Labute approximate surface area is 154 Å². The molecule has 6 heteroatoms. The fourth-order valence-corrected chi connectivity index (χ4v) is 2.86. The molecule has 1 atom stereocenters. The number of anilines is 1. The summed E-state index contributed by atoms with van der Waals surface area (Å²) in [5, 5.41) is 2.83. The molecule has 0 aliphatic heterocycles. The number of benzene rings is 1. The molecule has 0 bridgehead atoms. The van der Waals surface area contributed by atoms with Crippen LogP contribution in [0.4, 0.5) is 5.69 Å². The van der Waals surface area contributed by atoms with Gasteiger partial charge in [0.2, 0.25) is 5.91 Å². The van der Waals surface area contributed by atoms with Gasteiger partial charge in [-0.3, -0.25) is 14.4 Å². The van der Waals surface area contributed by atoms with Gasteiger partial charge in [-0.05, 0) is 44.2 Å². The fraction of sp³-hybridized carbons (Fsp3) is 0.450. The van der Waals surface area contributed by atoms with E-state index in [-0.39, 0.29) is 30.9 Å². The smallest absolute Gasteiger partial charge is 0.309 e. The summed E-state index contributed by atoms with van der Waals surface area (Å²) in [6.45, 7) is 3.39. The van der Waals surface area contributed by atoms with E-state index in [1.807, 2.05) is 44.2 Å². The molecule has 0 radical (unpaired) electrons. The van der Waals surface area contributed by atoms with Crippen LogP contribution in [0, 0.1) is 19.8 Å². The molecule has 1 aliphatic rings. The monoisotopic (exact) mass is 358 g/mol. The van der Waals surface area contributed by atoms with Crippen LogP contribution in [0.5, 0.6) is 0 Å². The highest BCUT2D eigenvalue weighted by Crippen LogP contribution is 2.20. The van der Waals surface area contributed by atoms with Crippen molar-refractivity contribution >= 4 is 23.5 Å². The zero-order chi connectivity index (χ0) is 19.1. The number of nitrogens with one attached hydrogen (secondary N) is 1. The van der Waals surface area contributed by atoms with E-state index in [1.54, 1.807) is 0 Å². The predicted molar refractivity (Wildman–Crippen MR) is 99.6 cm³/mol. The fourth-order valence-electron chi connectivity index (χ4n) is 2.86. The number of carbonyl (C=O) groups is 3. The summed E-state index contributed by atoms with van der Waals surface area (Å²) in [5.41, 5.74) is 2.68. The zero-order valence-electron chi connectivity index (χ0n) is 15.6. The zero-order valence-corrected chi connectivity index (χ0v) is 15.6. The highest BCUT2D eigenvalue weighted by atomic mass is 16.5. The molecule has 0 unspecified atom stereocenters. The van der Waals surface area contributed by atoms with E-state index in [1.165, 1.54) is 11.9 Å². The molecule has 1 aromatic rings. The summed E-state index contributed by atoms with van der Waals surface area (Å²) >= 11 is 0. The van der Waals surface area contributed by atoms with E-state index < -0.39 is 5.91 Å². The Morgan fingerprint density at radius 3 is 2.50 bits per heavy atom. The minimum Gasteiger partial charge on any atom is -0.455 e. The van der Waals surface area contributed by atoms with Crippen molar-refractivity contribution in [2.75, 3.05) is 25.5 Å². The van der Waals surface area contributed by atoms with Crippen LogP contribution < -0.4 is 5.32 Å². The molecular weight excluding hydrogens is 332 g/mol. The number of likely N-dealkylation sites (N-methyl/N-ethyl adjacent to an activating group) is 1. The van der Waals surface area contributed by atoms with Crippen LogP contribution in [0.1, 0.15) is 30.4 Å². The Balaban J connectivity index is 1.80. The molecule has 0 heterocycles. The number of esters is 1. The third-order valence-corrected chi connectivity index (χ3v) is 4.49. The molecule has 2 amide bonds. The van der Waals surface area contributed by atoms with E-state index >= 15 is 0 Å². The van der Waals surface area contributed by atoms with Crippen molar-refractivity contribution in [2.45, 2.75) is 33.1 Å². The number of rotatable bonds is 6. The predicted octanol–water partition coefficient (Wildman–Crippen LogP) is 2.60. The second-order valence-electron chi connectivity index (χ2n) is 6.65. The molecule has 1 aromatic carbocycles. The van der Waals surface area contributed by atoms with E-state index in [0.717, 1.165) is 29.7 Å². The molecule has 26 heavy (non-hydrogen) atoms. The average molecular weight is 358 g/mol. The molecule has 0 fully saturated rings. The Hall–Kier alpha value is -2.63. The van der Waals surface area contributed by atoms with Crippen molar-refractivity contribution in [2.24, 2.45) is 5.92 Å². The Morgan fingerprint density at radius 1 is 1.19 bits per heavy atom. The Morgan fingerprint density at radius 2 is 1.88 bits per heavy atom. The number of hydrogen-bond acceptors (Lipinski definition) is 4. The lowest BCUT2D eigenvalue weighted by Crippen LogP contribution is -2.38. The minimum atomic E-state index is -0.402. The van der Waals surface area contributed by atoms with Crippen LogP contribution in [0.25, 0.3) is 0 Å².